The van der Waals surface area contributed by atoms with Gasteiger partial charge in [0.15, 0.2) is 0 Å². The number of likely N-dealkylation sites (tertiary alicyclic amines) is 1. The Hall–Kier alpha value is -2.63. The number of hydrogen-bond donors (Lipinski definition) is 1. The molecule has 6 heteroatoms. The number of nitrogens with zero attached hydrogens (tertiary/aromatic N) is 3. The zero-order valence-electron chi connectivity index (χ0n) is 15.3. The Morgan fingerprint density at radius 1 is 1.27 bits per heavy atom. The molecule has 1 amide bonds. The average Bonchev–Trinajstić information content (AvgIpc) is 2.94. The van der Waals surface area contributed by atoms with Crippen molar-refractivity contribution < 1.29 is 14.7 Å². The Morgan fingerprint density at radius 2 is 2.08 bits per heavy atom. The standard InChI is InChI=1S/C20H25N3O3/c1-14-13-17(15(2)23(14)18-8-3-5-11-21-18)20(26)22-12-6-4-7-16(22)9-10-19(24)25/h3,5,8,11,13,16H,4,6-7,9-10,12H2,1-2H3,(H,24,25). The van der Waals surface area contributed by atoms with Crippen molar-refractivity contribution in [2.75, 3.05) is 6.54 Å². The number of piperidine rings is 1. The van der Waals surface area contributed by atoms with Gasteiger partial charge < -0.3 is 14.6 Å². The molecule has 0 bridgehead atoms. The molecule has 26 heavy (non-hydrogen) atoms. The first-order valence-electron chi connectivity index (χ1n) is 9.12. The summed E-state index contributed by atoms with van der Waals surface area (Å²) in [6.07, 6.45) is 5.23. The summed E-state index contributed by atoms with van der Waals surface area (Å²) in [5, 5.41) is 8.98. The number of aromatic nitrogens is 2. The van der Waals surface area contributed by atoms with E-state index in [2.05, 4.69) is 4.98 Å². The molecule has 1 unspecified atom stereocenters. The van der Waals surface area contributed by atoms with E-state index in [0.717, 1.165) is 36.5 Å². The lowest BCUT2D eigenvalue weighted by Crippen LogP contribution is -2.44. The van der Waals surface area contributed by atoms with Crippen molar-refractivity contribution in [2.24, 2.45) is 0 Å². The van der Waals surface area contributed by atoms with Gasteiger partial charge in [0.05, 0.1) is 5.56 Å². The lowest BCUT2D eigenvalue weighted by Gasteiger charge is -2.35. The van der Waals surface area contributed by atoms with Crippen LogP contribution in [0.4, 0.5) is 0 Å². The van der Waals surface area contributed by atoms with E-state index in [1.165, 1.54) is 0 Å². The van der Waals surface area contributed by atoms with Gasteiger partial charge in [-0.1, -0.05) is 6.07 Å². The monoisotopic (exact) mass is 355 g/mol. The third-order valence-electron chi connectivity index (χ3n) is 5.12. The Kier molecular flexibility index (Phi) is 5.40. The number of aliphatic carboxylic acids is 1. The molecule has 0 spiro atoms. The fraction of sp³-hybridized carbons (Fsp3) is 0.450. The van der Waals surface area contributed by atoms with Gasteiger partial charge in [-0.2, -0.15) is 0 Å². The van der Waals surface area contributed by atoms with Crippen LogP contribution in [0.25, 0.3) is 5.82 Å². The molecule has 1 aliphatic heterocycles. The van der Waals surface area contributed by atoms with Gasteiger partial charge in [-0.25, -0.2) is 4.98 Å². The molecule has 1 atom stereocenters. The van der Waals surface area contributed by atoms with E-state index >= 15 is 0 Å². The van der Waals surface area contributed by atoms with Crippen LogP contribution in [0.2, 0.25) is 0 Å². The van der Waals surface area contributed by atoms with Gasteiger partial charge in [0, 0.05) is 36.6 Å². The zero-order chi connectivity index (χ0) is 18.7. The number of amides is 1. The van der Waals surface area contributed by atoms with Crippen molar-refractivity contribution in [3.63, 3.8) is 0 Å². The highest BCUT2D eigenvalue weighted by Crippen LogP contribution is 2.26. The van der Waals surface area contributed by atoms with Crippen LogP contribution in [0.15, 0.2) is 30.5 Å². The van der Waals surface area contributed by atoms with Crippen LogP contribution in [-0.4, -0.2) is 44.0 Å². The summed E-state index contributed by atoms with van der Waals surface area (Å²) in [5.41, 5.74) is 2.51. The Balaban J connectivity index is 1.88. The normalized spacial score (nSPS) is 17.3. The highest BCUT2D eigenvalue weighted by atomic mass is 16.4. The predicted octanol–water partition coefficient (Wildman–Crippen LogP) is 3.35. The summed E-state index contributed by atoms with van der Waals surface area (Å²) in [5.74, 6) is -0.0192. The summed E-state index contributed by atoms with van der Waals surface area (Å²) in [4.78, 5) is 30.4. The molecule has 6 nitrogen and oxygen atoms in total. The molecule has 1 N–H and O–H groups in total. The molecule has 3 heterocycles. The Morgan fingerprint density at radius 3 is 2.77 bits per heavy atom. The molecular weight excluding hydrogens is 330 g/mol. The largest absolute Gasteiger partial charge is 0.481 e. The minimum absolute atomic E-state index is 0.00429. The zero-order valence-corrected chi connectivity index (χ0v) is 15.3. The maximum absolute atomic E-state index is 13.2. The minimum Gasteiger partial charge on any atom is -0.481 e. The van der Waals surface area contributed by atoms with E-state index in [4.69, 9.17) is 5.11 Å². The van der Waals surface area contributed by atoms with Crippen molar-refractivity contribution in [3.8, 4) is 5.82 Å². The number of carboxylic acid groups (broad SMARTS) is 1. The highest BCUT2D eigenvalue weighted by Gasteiger charge is 2.30. The first kappa shape index (κ1) is 18.2. The molecular formula is C20H25N3O3. The number of carbonyl (C=O) groups is 2. The van der Waals surface area contributed by atoms with E-state index in [9.17, 15) is 9.59 Å². The van der Waals surface area contributed by atoms with Crippen molar-refractivity contribution in [1.29, 1.82) is 0 Å². The molecule has 0 saturated carbocycles. The highest BCUT2D eigenvalue weighted by molar-refractivity contribution is 5.96. The molecule has 0 aromatic carbocycles. The summed E-state index contributed by atoms with van der Waals surface area (Å²) < 4.78 is 1.99. The van der Waals surface area contributed by atoms with Crippen LogP contribution in [0.5, 0.6) is 0 Å². The molecule has 3 rings (SSSR count). The lowest BCUT2D eigenvalue weighted by atomic mass is 9.97. The molecule has 2 aromatic heterocycles. The first-order chi connectivity index (χ1) is 12.5. The number of rotatable bonds is 5. The van der Waals surface area contributed by atoms with Crippen LogP contribution in [0, 0.1) is 13.8 Å². The minimum atomic E-state index is -0.809. The quantitative estimate of drug-likeness (QED) is 0.892. The van der Waals surface area contributed by atoms with E-state index in [1.54, 1.807) is 6.20 Å². The van der Waals surface area contributed by atoms with Crippen LogP contribution < -0.4 is 0 Å². The number of carboxylic acids is 1. The summed E-state index contributed by atoms with van der Waals surface area (Å²) in [6, 6.07) is 7.63. The second-order valence-electron chi connectivity index (χ2n) is 6.89. The van der Waals surface area contributed by atoms with Gasteiger partial charge in [-0.05, 0) is 57.7 Å². The fourth-order valence-electron chi connectivity index (χ4n) is 3.83. The number of hydrogen-bond acceptors (Lipinski definition) is 3. The van der Waals surface area contributed by atoms with Crippen molar-refractivity contribution in [3.05, 3.63) is 47.4 Å². The average molecular weight is 355 g/mol. The Bertz CT molecular complexity index is 798. The van der Waals surface area contributed by atoms with Gasteiger partial charge in [-0.3, -0.25) is 9.59 Å². The SMILES string of the molecule is Cc1cc(C(=O)N2CCCCC2CCC(=O)O)c(C)n1-c1ccccn1. The van der Waals surface area contributed by atoms with Crippen LogP contribution >= 0.6 is 0 Å². The topological polar surface area (TPSA) is 75.4 Å². The van der Waals surface area contributed by atoms with Crippen molar-refractivity contribution >= 4 is 11.9 Å². The van der Waals surface area contributed by atoms with Crippen LogP contribution in [0.3, 0.4) is 0 Å². The number of pyridine rings is 1. The molecule has 1 aliphatic rings. The van der Waals surface area contributed by atoms with E-state index < -0.39 is 5.97 Å². The maximum Gasteiger partial charge on any atom is 0.303 e. The lowest BCUT2D eigenvalue weighted by molar-refractivity contribution is -0.137. The number of aryl methyl sites for hydroxylation is 1. The van der Waals surface area contributed by atoms with E-state index in [0.29, 0.717) is 18.5 Å². The summed E-state index contributed by atoms with van der Waals surface area (Å²) in [7, 11) is 0. The van der Waals surface area contributed by atoms with E-state index in [-0.39, 0.29) is 18.4 Å². The van der Waals surface area contributed by atoms with Gasteiger partial charge in [0.1, 0.15) is 5.82 Å². The van der Waals surface area contributed by atoms with Gasteiger partial charge in [0.25, 0.3) is 5.91 Å². The molecule has 2 aromatic rings. The van der Waals surface area contributed by atoms with Gasteiger partial charge >= 0.3 is 5.97 Å². The third kappa shape index (κ3) is 3.64. The second kappa shape index (κ2) is 7.72. The van der Waals surface area contributed by atoms with Crippen LogP contribution in [-0.2, 0) is 4.79 Å². The molecule has 1 fully saturated rings. The third-order valence-corrected chi connectivity index (χ3v) is 5.12. The predicted molar refractivity (Wildman–Crippen MR) is 98.6 cm³/mol. The Labute approximate surface area is 153 Å². The van der Waals surface area contributed by atoms with Gasteiger partial charge in [-0.15, -0.1) is 0 Å². The first-order valence-corrected chi connectivity index (χ1v) is 9.12. The maximum atomic E-state index is 13.2. The smallest absolute Gasteiger partial charge is 0.303 e. The molecule has 0 radical (unpaired) electrons. The molecule has 0 aliphatic carbocycles. The second-order valence-corrected chi connectivity index (χ2v) is 6.89. The molecule has 138 valence electrons. The van der Waals surface area contributed by atoms with Gasteiger partial charge in [0.2, 0.25) is 0 Å². The van der Waals surface area contributed by atoms with Crippen molar-refractivity contribution in [2.45, 2.75) is 52.0 Å². The number of carbonyl (C=O) groups excluding carboxylic acids is 1. The summed E-state index contributed by atoms with van der Waals surface area (Å²) in [6.45, 7) is 4.60. The van der Waals surface area contributed by atoms with Crippen LogP contribution in [0.1, 0.15) is 53.8 Å². The fourth-order valence-corrected chi connectivity index (χ4v) is 3.83. The molecule has 1 saturated heterocycles. The summed E-state index contributed by atoms with van der Waals surface area (Å²) >= 11 is 0. The van der Waals surface area contributed by atoms with Crippen molar-refractivity contribution in [1.82, 2.24) is 14.5 Å². The van der Waals surface area contributed by atoms with E-state index in [1.807, 2.05) is 47.6 Å².